The van der Waals surface area contributed by atoms with Crippen molar-refractivity contribution in [2.24, 2.45) is 0 Å². The van der Waals surface area contributed by atoms with Crippen molar-refractivity contribution in [3.8, 4) is 11.5 Å². The number of carbonyl (C=O) groups is 2. The van der Waals surface area contributed by atoms with Crippen molar-refractivity contribution in [2.45, 2.75) is 25.4 Å². The normalized spacial score (nSPS) is 15.7. The van der Waals surface area contributed by atoms with Gasteiger partial charge in [0.05, 0.1) is 12.7 Å². The Morgan fingerprint density at radius 3 is 2.75 bits per heavy atom. The molecule has 1 saturated heterocycles. The summed E-state index contributed by atoms with van der Waals surface area (Å²) >= 11 is 6.12. The van der Waals surface area contributed by atoms with Crippen LogP contribution in [0, 0.1) is 0 Å². The largest absolute Gasteiger partial charge is 0.506 e. The molecule has 1 atom stereocenters. The molecule has 1 aliphatic rings. The highest BCUT2D eigenvalue weighted by atomic mass is 35.5. The molecule has 1 heterocycles. The van der Waals surface area contributed by atoms with Crippen LogP contribution in [-0.4, -0.2) is 53.5 Å². The van der Waals surface area contributed by atoms with Gasteiger partial charge in [-0.05, 0) is 42.5 Å². The Morgan fingerprint density at radius 2 is 1.97 bits per heavy atom. The quantitative estimate of drug-likeness (QED) is 0.620. The molecule has 2 amide bonds. The van der Waals surface area contributed by atoms with Crippen LogP contribution in [0.5, 0.6) is 11.5 Å². The Morgan fingerprint density at radius 1 is 1.19 bits per heavy atom. The number of carbonyl (C=O) groups excluding carboxylic acids is 2. The summed E-state index contributed by atoms with van der Waals surface area (Å²) in [5.41, 5.74) is 1.00. The van der Waals surface area contributed by atoms with Gasteiger partial charge in [0, 0.05) is 36.1 Å². The van der Waals surface area contributed by atoms with Crippen molar-refractivity contribution in [2.75, 3.05) is 20.7 Å². The van der Waals surface area contributed by atoms with Gasteiger partial charge >= 0.3 is 0 Å². The zero-order valence-electron chi connectivity index (χ0n) is 18.0. The number of hydrogen-bond acceptors (Lipinski definition) is 4. The highest BCUT2D eigenvalue weighted by molar-refractivity contribution is 6.30. The van der Waals surface area contributed by atoms with Crippen molar-refractivity contribution < 1.29 is 19.4 Å². The molecule has 1 aliphatic heterocycles. The molecule has 3 aromatic carbocycles. The molecule has 3 aromatic rings. The van der Waals surface area contributed by atoms with E-state index in [9.17, 15) is 14.7 Å². The first-order valence-corrected chi connectivity index (χ1v) is 10.9. The van der Waals surface area contributed by atoms with Gasteiger partial charge in [-0.15, -0.1) is 0 Å². The Balaban J connectivity index is 1.56. The van der Waals surface area contributed by atoms with Gasteiger partial charge in [-0.3, -0.25) is 9.59 Å². The first-order valence-electron chi connectivity index (χ1n) is 10.5. The van der Waals surface area contributed by atoms with E-state index in [2.05, 4.69) is 0 Å². The van der Waals surface area contributed by atoms with E-state index in [0.29, 0.717) is 35.7 Å². The second-order valence-electron chi connectivity index (χ2n) is 7.99. The van der Waals surface area contributed by atoms with E-state index in [-0.39, 0.29) is 23.1 Å². The van der Waals surface area contributed by atoms with Gasteiger partial charge in [0.1, 0.15) is 17.5 Å². The lowest BCUT2D eigenvalue weighted by Gasteiger charge is -2.28. The molecule has 0 aliphatic carbocycles. The predicted octanol–water partition coefficient (Wildman–Crippen LogP) is 4.47. The Kier molecular flexibility index (Phi) is 6.24. The second-order valence-corrected chi connectivity index (χ2v) is 8.43. The molecule has 1 unspecified atom stereocenters. The third-order valence-corrected chi connectivity index (χ3v) is 6.19. The van der Waals surface area contributed by atoms with E-state index >= 15 is 0 Å². The maximum absolute atomic E-state index is 13.3. The fraction of sp³-hybridized carbons (Fsp3) is 0.280. The molecule has 0 aromatic heterocycles. The Hall–Kier alpha value is -3.25. The fourth-order valence-corrected chi connectivity index (χ4v) is 4.50. The smallest absolute Gasteiger partial charge is 0.258 e. The van der Waals surface area contributed by atoms with Gasteiger partial charge in [-0.1, -0.05) is 41.9 Å². The van der Waals surface area contributed by atoms with E-state index in [1.54, 1.807) is 54.3 Å². The molecule has 0 bridgehead atoms. The standard InChI is InChI=1S/C25H25ClN2O4/c1-27(15-17-14-18(26)10-12-22(17)32-2)25(31)21-8-5-13-28(21)24(30)20-11-9-16-6-3-4-7-19(16)23(20)29/h3-4,6-7,9-12,14,21,29H,5,8,13,15H2,1-2H3. The van der Waals surface area contributed by atoms with E-state index in [1.807, 2.05) is 24.3 Å². The van der Waals surface area contributed by atoms with Crippen molar-refractivity contribution >= 4 is 34.2 Å². The minimum absolute atomic E-state index is 0.0526. The third-order valence-electron chi connectivity index (χ3n) is 5.96. The molecule has 4 rings (SSSR count). The second kappa shape index (κ2) is 9.09. The maximum atomic E-state index is 13.3. The number of likely N-dealkylation sites (N-methyl/N-ethyl adjacent to an activating group) is 1. The predicted molar refractivity (Wildman–Crippen MR) is 124 cm³/mol. The van der Waals surface area contributed by atoms with Crippen LogP contribution in [0.1, 0.15) is 28.8 Å². The number of likely N-dealkylation sites (tertiary alicyclic amines) is 1. The number of methoxy groups -OCH3 is 1. The molecule has 32 heavy (non-hydrogen) atoms. The zero-order valence-corrected chi connectivity index (χ0v) is 18.8. The summed E-state index contributed by atoms with van der Waals surface area (Å²) in [6, 6.07) is 15.5. The first-order chi connectivity index (χ1) is 15.4. The lowest BCUT2D eigenvalue weighted by molar-refractivity contribution is -0.134. The summed E-state index contributed by atoms with van der Waals surface area (Å²) in [5.74, 6) is 0.105. The van der Waals surface area contributed by atoms with E-state index < -0.39 is 6.04 Å². The van der Waals surface area contributed by atoms with Crippen LogP contribution in [0.15, 0.2) is 54.6 Å². The average molecular weight is 453 g/mol. The average Bonchev–Trinajstić information content (AvgIpc) is 3.28. The number of fused-ring (bicyclic) bond motifs is 1. The van der Waals surface area contributed by atoms with E-state index in [0.717, 1.165) is 17.4 Å². The summed E-state index contributed by atoms with van der Waals surface area (Å²) in [4.78, 5) is 29.7. The molecule has 0 saturated carbocycles. The summed E-state index contributed by atoms with van der Waals surface area (Å²) in [6.45, 7) is 0.776. The summed E-state index contributed by atoms with van der Waals surface area (Å²) in [7, 11) is 3.28. The van der Waals surface area contributed by atoms with Gasteiger partial charge in [0.15, 0.2) is 0 Å². The molecule has 166 valence electrons. The SMILES string of the molecule is COc1ccc(Cl)cc1CN(C)C(=O)C1CCCN1C(=O)c1ccc2ccccc2c1O. The van der Waals surface area contributed by atoms with Crippen molar-refractivity contribution in [3.63, 3.8) is 0 Å². The van der Waals surface area contributed by atoms with Crippen LogP contribution < -0.4 is 4.74 Å². The molecule has 1 N–H and O–H groups in total. The summed E-state index contributed by atoms with van der Waals surface area (Å²) < 4.78 is 5.38. The van der Waals surface area contributed by atoms with Gasteiger partial charge in [-0.25, -0.2) is 0 Å². The Bertz CT molecular complexity index is 1180. The summed E-state index contributed by atoms with van der Waals surface area (Å²) in [6.07, 6.45) is 1.31. The monoisotopic (exact) mass is 452 g/mol. The zero-order chi connectivity index (χ0) is 22.8. The van der Waals surface area contributed by atoms with Crippen LogP contribution in [0.25, 0.3) is 10.8 Å². The number of nitrogens with zero attached hydrogens (tertiary/aromatic N) is 2. The number of rotatable bonds is 5. The van der Waals surface area contributed by atoms with Crippen LogP contribution in [0.3, 0.4) is 0 Å². The van der Waals surface area contributed by atoms with Gasteiger partial charge < -0.3 is 19.6 Å². The van der Waals surface area contributed by atoms with Crippen LogP contribution in [-0.2, 0) is 11.3 Å². The molecule has 6 nitrogen and oxygen atoms in total. The van der Waals surface area contributed by atoms with Gasteiger partial charge in [0.25, 0.3) is 5.91 Å². The third kappa shape index (κ3) is 4.10. The minimum atomic E-state index is -0.580. The topological polar surface area (TPSA) is 70.1 Å². The number of phenols is 1. The highest BCUT2D eigenvalue weighted by Gasteiger charge is 2.37. The van der Waals surface area contributed by atoms with Gasteiger partial charge in [0.2, 0.25) is 5.91 Å². The highest BCUT2D eigenvalue weighted by Crippen LogP contribution is 2.32. The minimum Gasteiger partial charge on any atom is -0.506 e. The molecule has 1 fully saturated rings. The lowest BCUT2D eigenvalue weighted by Crippen LogP contribution is -2.46. The van der Waals surface area contributed by atoms with Crippen molar-refractivity contribution in [1.82, 2.24) is 9.80 Å². The first kappa shape index (κ1) is 22.0. The van der Waals surface area contributed by atoms with E-state index in [1.165, 1.54) is 0 Å². The molecular weight excluding hydrogens is 428 g/mol. The number of amides is 2. The Labute approximate surface area is 192 Å². The lowest BCUT2D eigenvalue weighted by atomic mass is 10.0. The number of ether oxygens (including phenoxy) is 1. The van der Waals surface area contributed by atoms with Crippen LogP contribution in [0.4, 0.5) is 0 Å². The molecule has 0 spiro atoms. The van der Waals surface area contributed by atoms with Crippen molar-refractivity contribution in [3.05, 3.63) is 70.7 Å². The fourth-order valence-electron chi connectivity index (χ4n) is 4.31. The van der Waals surface area contributed by atoms with Crippen LogP contribution in [0.2, 0.25) is 5.02 Å². The molecule has 0 radical (unpaired) electrons. The van der Waals surface area contributed by atoms with E-state index in [4.69, 9.17) is 16.3 Å². The molecular formula is C25H25ClN2O4. The van der Waals surface area contributed by atoms with Crippen LogP contribution >= 0.6 is 11.6 Å². The van der Waals surface area contributed by atoms with Crippen molar-refractivity contribution in [1.29, 1.82) is 0 Å². The van der Waals surface area contributed by atoms with Gasteiger partial charge in [-0.2, -0.15) is 0 Å². The maximum Gasteiger partial charge on any atom is 0.258 e. The number of benzene rings is 3. The number of phenolic OH excluding ortho intramolecular Hbond substituents is 1. The molecule has 7 heteroatoms. The number of aromatic hydroxyl groups is 1. The number of hydrogen-bond donors (Lipinski definition) is 1. The number of halogens is 1. The summed E-state index contributed by atoms with van der Waals surface area (Å²) in [5, 5.41) is 12.8.